The lowest BCUT2D eigenvalue weighted by molar-refractivity contribution is 0.265. The zero-order chi connectivity index (χ0) is 24.5. The Morgan fingerprint density at radius 3 is 2.60 bits per heavy atom. The lowest BCUT2D eigenvalue weighted by Crippen LogP contribution is -2.33. The second-order valence-electron chi connectivity index (χ2n) is 8.25. The topological polar surface area (TPSA) is 135 Å². The van der Waals surface area contributed by atoms with Gasteiger partial charge in [0.2, 0.25) is 11.7 Å². The van der Waals surface area contributed by atoms with E-state index in [2.05, 4.69) is 25.5 Å². The standard InChI is InChI=1S/C23H28N8O4/c1-13-19-21(26-23(27-22(19)29-28-13)31-7-5-6-14(31)11-32)25-18-10-30(12-24-18)15-8-16(33-2)20(35-4)17(9-15)34-3/h8-10,12,14,32H,5-7,11H2,1-4H3,(H2,25,26,27,28,29). The molecule has 12 heteroatoms. The first-order valence-corrected chi connectivity index (χ1v) is 11.3. The minimum atomic E-state index is 0.00330. The molecule has 4 heterocycles. The number of rotatable bonds is 8. The molecule has 1 aromatic carbocycles. The molecule has 4 aromatic rings. The number of benzene rings is 1. The Kier molecular flexibility index (Phi) is 6.03. The number of hydrogen-bond acceptors (Lipinski definition) is 10. The molecule has 1 aliphatic rings. The van der Waals surface area contributed by atoms with Crippen molar-refractivity contribution in [1.82, 2.24) is 29.7 Å². The van der Waals surface area contributed by atoms with Crippen LogP contribution in [0.1, 0.15) is 18.5 Å². The molecular formula is C23H28N8O4. The van der Waals surface area contributed by atoms with E-state index >= 15 is 0 Å². The number of nitrogens with zero attached hydrogens (tertiary/aromatic N) is 6. The lowest BCUT2D eigenvalue weighted by Gasteiger charge is -2.23. The van der Waals surface area contributed by atoms with E-state index in [4.69, 9.17) is 19.2 Å². The molecule has 3 N–H and O–H groups in total. The molecule has 184 valence electrons. The number of anilines is 3. The number of aliphatic hydroxyl groups excluding tert-OH is 1. The van der Waals surface area contributed by atoms with Crippen LogP contribution < -0.4 is 24.4 Å². The largest absolute Gasteiger partial charge is 0.493 e. The maximum absolute atomic E-state index is 9.77. The minimum absolute atomic E-state index is 0.00330. The maximum atomic E-state index is 9.77. The fourth-order valence-electron chi connectivity index (χ4n) is 4.44. The molecule has 1 aliphatic heterocycles. The Labute approximate surface area is 201 Å². The molecule has 0 saturated carbocycles. The molecule has 0 spiro atoms. The average Bonchev–Trinajstić information content (AvgIpc) is 3.63. The number of aromatic amines is 1. The number of ether oxygens (including phenoxy) is 3. The Morgan fingerprint density at radius 2 is 1.91 bits per heavy atom. The Balaban J connectivity index is 1.50. The van der Waals surface area contributed by atoms with Crippen molar-refractivity contribution in [3.05, 3.63) is 30.4 Å². The van der Waals surface area contributed by atoms with Gasteiger partial charge in [-0.3, -0.25) is 5.10 Å². The molecule has 0 radical (unpaired) electrons. The van der Waals surface area contributed by atoms with Gasteiger partial charge in [0.1, 0.15) is 18.0 Å². The highest BCUT2D eigenvalue weighted by Gasteiger charge is 2.27. The highest BCUT2D eigenvalue weighted by Crippen LogP contribution is 2.39. The number of aromatic nitrogens is 6. The van der Waals surface area contributed by atoms with Gasteiger partial charge >= 0.3 is 0 Å². The summed E-state index contributed by atoms with van der Waals surface area (Å²) in [6.07, 6.45) is 5.42. The third-order valence-corrected chi connectivity index (χ3v) is 6.21. The van der Waals surface area contributed by atoms with Crippen LogP contribution in [-0.2, 0) is 0 Å². The molecule has 1 fully saturated rings. The normalized spacial score (nSPS) is 15.6. The summed E-state index contributed by atoms with van der Waals surface area (Å²) in [6.45, 7) is 2.75. The van der Waals surface area contributed by atoms with Crippen LogP contribution in [-0.4, -0.2) is 75.3 Å². The monoisotopic (exact) mass is 480 g/mol. The third-order valence-electron chi connectivity index (χ3n) is 6.21. The van der Waals surface area contributed by atoms with Crippen LogP contribution in [0.5, 0.6) is 17.2 Å². The van der Waals surface area contributed by atoms with Crippen LogP contribution in [0.25, 0.3) is 16.7 Å². The summed E-state index contributed by atoms with van der Waals surface area (Å²) in [7, 11) is 4.72. The summed E-state index contributed by atoms with van der Waals surface area (Å²) in [5.41, 5.74) is 2.19. The number of H-pyrrole nitrogens is 1. The molecule has 12 nitrogen and oxygen atoms in total. The Morgan fingerprint density at radius 1 is 1.14 bits per heavy atom. The van der Waals surface area contributed by atoms with Gasteiger partial charge < -0.3 is 34.1 Å². The van der Waals surface area contributed by atoms with Gasteiger partial charge in [0.25, 0.3) is 0 Å². The zero-order valence-corrected chi connectivity index (χ0v) is 20.1. The fraction of sp³-hybridized carbons (Fsp3) is 0.391. The molecule has 0 aliphatic carbocycles. The Bertz CT molecular complexity index is 1330. The van der Waals surface area contributed by atoms with E-state index in [0.29, 0.717) is 40.5 Å². The highest BCUT2D eigenvalue weighted by molar-refractivity contribution is 5.91. The first-order chi connectivity index (χ1) is 17.1. The van der Waals surface area contributed by atoms with Gasteiger partial charge in [0, 0.05) is 18.7 Å². The molecule has 5 rings (SSSR count). The van der Waals surface area contributed by atoms with Gasteiger partial charge in [-0.25, -0.2) is 4.98 Å². The van der Waals surface area contributed by atoms with Crippen LogP contribution in [0.4, 0.5) is 17.6 Å². The molecule has 1 saturated heterocycles. The van der Waals surface area contributed by atoms with Crippen LogP contribution in [0.2, 0.25) is 0 Å². The number of methoxy groups -OCH3 is 3. The SMILES string of the molecule is COc1cc(-n2cnc(Nc3nc(N4CCCC4CO)nc4[nH]nc(C)c34)c2)cc(OC)c1OC. The summed E-state index contributed by atoms with van der Waals surface area (Å²) in [6, 6.07) is 3.69. The minimum Gasteiger partial charge on any atom is -0.493 e. The van der Waals surface area contributed by atoms with Crippen molar-refractivity contribution in [2.75, 3.05) is 44.7 Å². The number of imidazole rings is 1. The van der Waals surface area contributed by atoms with Crippen molar-refractivity contribution in [2.45, 2.75) is 25.8 Å². The molecule has 0 bridgehead atoms. The van der Waals surface area contributed by atoms with Gasteiger partial charge in [0.15, 0.2) is 17.1 Å². The first kappa shape index (κ1) is 22.7. The van der Waals surface area contributed by atoms with Crippen molar-refractivity contribution in [2.24, 2.45) is 0 Å². The second kappa shape index (κ2) is 9.29. The van der Waals surface area contributed by atoms with Crippen LogP contribution in [0.15, 0.2) is 24.7 Å². The fourth-order valence-corrected chi connectivity index (χ4v) is 4.44. The van der Waals surface area contributed by atoms with Crippen molar-refractivity contribution in [3.8, 4) is 22.9 Å². The van der Waals surface area contributed by atoms with Gasteiger partial charge in [-0.15, -0.1) is 0 Å². The van der Waals surface area contributed by atoms with Crippen molar-refractivity contribution in [3.63, 3.8) is 0 Å². The summed E-state index contributed by atoms with van der Waals surface area (Å²) in [4.78, 5) is 16.0. The molecule has 3 aromatic heterocycles. The van der Waals surface area contributed by atoms with E-state index in [-0.39, 0.29) is 12.6 Å². The van der Waals surface area contributed by atoms with Crippen LogP contribution >= 0.6 is 0 Å². The summed E-state index contributed by atoms with van der Waals surface area (Å²) < 4.78 is 18.2. The summed E-state index contributed by atoms with van der Waals surface area (Å²) in [5, 5.41) is 21.2. The third kappa shape index (κ3) is 4.05. The first-order valence-electron chi connectivity index (χ1n) is 11.3. The molecule has 1 atom stereocenters. The van der Waals surface area contributed by atoms with E-state index in [1.165, 1.54) is 0 Å². The summed E-state index contributed by atoms with van der Waals surface area (Å²) >= 11 is 0. The van der Waals surface area contributed by atoms with Gasteiger partial charge in [-0.05, 0) is 19.8 Å². The van der Waals surface area contributed by atoms with Crippen LogP contribution in [0, 0.1) is 6.92 Å². The molecule has 0 amide bonds. The molecular weight excluding hydrogens is 452 g/mol. The molecule has 35 heavy (non-hydrogen) atoms. The number of aryl methyl sites for hydroxylation is 1. The van der Waals surface area contributed by atoms with Crippen molar-refractivity contribution >= 4 is 28.6 Å². The second-order valence-corrected chi connectivity index (χ2v) is 8.25. The predicted octanol–water partition coefficient (Wildman–Crippen LogP) is 2.58. The number of fused-ring (bicyclic) bond motifs is 1. The maximum Gasteiger partial charge on any atom is 0.229 e. The van der Waals surface area contributed by atoms with E-state index in [9.17, 15) is 5.11 Å². The van der Waals surface area contributed by atoms with E-state index in [1.807, 2.05) is 34.7 Å². The van der Waals surface area contributed by atoms with Gasteiger partial charge in [-0.1, -0.05) is 0 Å². The zero-order valence-electron chi connectivity index (χ0n) is 20.1. The number of aliphatic hydroxyl groups is 1. The predicted molar refractivity (Wildman–Crippen MR) is 130 cm³/mol. The van der Waals surface area contributed by atoms with Gasteiger partial charge in [-0.2, -0.15) is 15.1 Å². The van der Waals surface area contributed by atoms with E-state index in [0.717, 1.165) is 36.2 Å². The average molecular weight is 481 g/mol. The van der Waals surface area contributed by atoms with Crippen molar-refractivity contribution in [1.29, 1.82) is 0 Å². The summed E-state index contributed by atoms with van der Waals surface area (Å²) in [5.74, 6) is 3.34. The van der Waals surface area contributed by atoms with E-state index in [1.54, 1.807) is 27.7 Å². The quantitative estimate of drug-likeness (QED) is 0.345. The highest BCUT2D eigenvalue weighted by atomic mass is 16.5. The smallest absolute Gasteiger partial charge is 0.229 e. The lowest BCUT2D eigenvalue weighted by atomic mass is 10.2. The molecule has 1 unspecified atom stereocenters. The van der Waals surface area contributed by atoms with E-state index < -0.39 is 0 Å². The number of nitrogens with one attached hydrogen (secondary N) is 2. The Hall–Kier alpha value is -4.06. The van der Waals surface area contributed by atoms with Gasteiger partial charge in [0.05, 0.1) is 56.9 Å². The van der Waals surface area contributed by atoms with Crippen LogP contribution in [0.3, 0.4) is 0 Å². The van der Waals surface area contributed by atoms with Crippen molar-refractivity contribution < 1.29 is 19.3 Å². The number of hydrogen-bond donors (Lipinski definition) is 3.